The predicted octanol–water partition coefficient (Wildman–Crippen LogP) is 2.98. The van der Waals surface area contributed by atoms with E-state index < -0.39 is 0 Å². The lowest BCUT2D eigenvalue weighted by Gasteiger charge is -2.13. The Hall–Kier alpha value is -3.09. The standard InChI is InChI=1S/C20H26N2O5/c1-4-26-17-7-5-6-8-18(17)27-14-22-20(23)21-12-11-15-9-10-16(24-2)19(13-15)25-3/h5-10,13H,4,11-12,14H2,1-3H3,(H2,21,22,23). The average molecular weight is 374 g/mol. The van der Waals surface area contributed by atoms with Crippen molar-refractivity contribution in [2.75, 3.05) is 34.1 Å². The van der Waals surface area contributed by atoms with E-state index in [1.165, 1.54) is 0 Å². The maximum atomic E-state index is 11.9. The van der Waals surface area contributed by atoms with Crippen LogP contribution in [0, 0.1) is 0 Å². The smallest absolute Gasteiger partial charge is 0.317 e. The van der Waals surface area contributed by atoms with Crippen molar-refractivity contribution in [2.24, 2.45) is 0 Å². The first-order valence-corrected chi connectivity index (χ1v) is 8.75. The molecule has 0 aromatic heterocycles. The minimum Gasteiger partial charge on any atom is -0.493 e. The Morgan fingerprint density at radius 1 is 0.889 bits per heavy atom. The van der Waals surface area contributed by atoms with Crippen molar-refractivity contribution in [1.82, 2.24) is 10.6 Å². The second-order valence-electron chi connectivity index (χ2n) is 5.54. The van der Waals surface area contributed by atoms with Gasteiger partial charge < -0.3 is 29.6 Å². The van der Waals surface area contributed by atoms with Crippen molar-refractivity contribution in [3.05, 3.63) is 48.0 Å². The molecule has 2 rings (SSSR count). The summed E-state index contributed by atoms with van der Waals surface area (Å²) in [5.74, 6) is 2.58. The zero-order valence-electron chi connectivity index (χ0n) is 15.9. The summed E-state index contributed by atoms with van der Waals surface area (Å²) >= 11 is 0. The number of benzene rings is 2. The number of methoxy groups -OCH3 is 2. The summed E-state index contributed by atoms with van der Waals surface area (Å²) in [5.41, 5.74) is 1.04. The van der Waals surface area contributed by atoms with Crippen LogP contribution >= 0.6 is 0 Å². The highest BCUT2D eigenvalue weighted by atomic mass is 16.5. The zero-order chi connectivity index (χ0) is 19.5. The van der Waals surface area contributed by atoms with E-state index >= 15 is 0 Å². The molecular formula is C20H26N2O5. The third kappa shape index (κ3) is 6.29. The first-order valence-electron chi connectivity index (χ1n) is 8.75. The van der Waals surface area contributed by atoms with Crippen LogP contribution in [-0.2, 0) is 6.42 Å². The highest BCUT2D eigenvalue weighted by molar-refractivity contribution is 5.73. The minimum absolute atomic E-state index is 0.0479. The van der Waals surface area contributed by atoms with Gasteiger partial charge in [-0.1, -0.05) is 18.2 Å². The molecule has 0 aliphatic carbocycles. The van der Waals surface area contributed by atoms with E-state index in [-0.39, 0.29) is 12.8 Å². The first-order chi connectivity index (χ1) is 13.2. The van der Waals surface area contributed by atoms with E-state index in [4.69, 9.17) is 18.9 Å². The fourth-order valence-corrected chi connectivity index (χ4v) is 2.44. The van der Waals surface area contributed by atoms with Crippen LogP contribution in [0.25, 0.3) is 0 Å². The Bertz CT molecular complexity index is 736. The van der Waals surface area contributed by atoms with Crippen LogP contribution in [0.4, 0.5) is 4.79 Å². The number of para-hydroxylation sites is 2. The predicted molar refractivity (Wildman–Crippen MR) is 103 cm³/mol. The van der Waals surface area contributed by atoms with Crippen molar-refractivity contribution in [1.29, 1.82) is 0 Å². The molecule has 2 aromatic rings. The van der Waals surface area contributed by atoms with Gasteiger partial charge in [0.2, 0.25) is 0 Å². The topological polar surface area (TPSA) is 78.1 Å². The zero-order valence-corrected chi connectivity index (χ0v) is 15.9. The molecule has 0 fully saturated rings. The highest BCUT2D eigenvalue weighted by Crippen LogP contribution is 2.27. The van der Waals surface area contributed by atoms with Gasteiger partial charge in [-0.05, 0) is 43.2 Å². The molecule has 0 aliphatic heterocycles. The van der Waals surface area contributed by atoms with Gasteiger partial charge in [-0.15, -0.1) is 0 Å². The number of rotatable bonds is 10. The molecule has 0 heterocycles. The maximum absolute atomic E-state index is 11.9. The molecule has 0 radical (unpaired) electrons. The Balaban J connectivity index is 1.72. The lowest BCUT2D eigenvalue weighted by Crippen LogP contribution is -2.38. The number of nitrogens with one attached hydrogen (secondary N) is 2. The number of amides is 2. The molecule has 7 heteroatoms. The molecule has 2 amide bonds. The molecule has 146 valence electrons. The number of hydrogen-bond donors (Lipinski definition) is 2. The number of ether oxygens (including phenoxy) is 4. The van der Waals surface area contributed by atoms with E-state index in [0.717, 1.165) is 5.56 Å². The third-order valence-electron chi connectivity index (χ3n) is 3.76. The number of hydrogen-bond acceptors (Lipinski definition) is 5. The normalized spacial score (nSPS) is 10.0. The van der Waals surface area contributed by atoms with E-state index in [1.807, 2.05) is 43.3 Å². The van der Waals surface area contributed by atoms with E-state index in [9.17, 15) is 4.79 Å². The largest absolute Gasteiger partial charge is 0.493 e. The summed E-state index contributed by atoms with van der Waals surface area (Å²) in [6, 6.07) is 12.7. The second-order valence-corrected chi connectivity index (χ2v) is 5.54. The van der Waals surface area contributed by atoms with Crippen LogP contribution in [-0.4, -0.2) is 40.1 Å². The first kappa shape index (κ1) is 20.2. The van der Waals surface area contributed by atoms with Gasteiger partial charge in [-0.25, -0.2) is 4.79 Å². The van der Waals surface area contributed by atoms with Crippen LogP contribution in [0.2, 0.25) is 0 Å². The monoisotopic (exact) mass is 374 g/mol. The van der Waals surface area contributed by atoms with Crippen LogP contribution < -0.4 is 29.6 Å². The fraction of sp³-hybridized carbons (Fsp3) is 0.350. The molecule has 0 atom stereocenters. The van der Waals surface area contributed by atoms with Gasteiger partial charge in [0, 0.05) is 6.54 Å². The van der Waals surface area contributed by atoms with Crippen molar-refractivity contribution in [3.63, 3.8) is 0 Å². The van der Waals surface area contributed by atoms with Gasteiger partial charge >= 0.3 is 6.03 Å². The summed E-state index contributed by atoms with van der Waals surface area (Å²) < 4.78 is 21.5. The molecule has 0 unspecified atom stereocenters. The highest BCUT2D eigenvalue weighted by Gasteiger charge is 2.06. The third-order valence-corrected chi connectivity index (χ3v) is 3.76. The summed E-state index contributed by atoms with van der Waals surface area (Å²) in [5, 5.41) is 5.44. The van der Waals surface area contributed by atoms with Gasteiger partial charge in [0.15, 0.2) is 29.7 Å². The van der Waals surface area contributed by atoms with Gasteiger partial charge in [0.05, 0.1) is 20.8 Å². The molecule has 2 N–H and O–H groups in total. The number of carbonyl (C=O) groups excluding carboxylic acids is 1. The summed E-state index contributed by atoms with van der Waals surface area (Å²) in [6.45, 7) is 2.98. The molecule has 0 aliphatic rings. The molecule has 2 aromatic carbocycles. The maximum Gasteiger partial charge on any atom is 0.317 e. The minimum atomic E-state index is -0.302. The molecule has 0 spiro atoms. The molecule has 0 saturated heterocycles. The molecular weight excluding hydrogens is 348 g/mol. The van der Waals surface area contributed by atoms with Gasteiger partial charge in [-0.2, -0.15) is 0 Å². The van der Waals surface area contributed by atoms with E-state index in [2.05, 4.69) is 10.6 Å². The Labute approximate surface area is 159 Å². The Morgan fingerprint density at radius 2 is 1.59 bits per heavy atom. The fourth-order valence-electron chi connectivity index (χ4n) is 2.44. The number of carbonyl (C=O) groups is 1. The van der Waals surface area contributed by atoms with Crippen molar-refractivity contribution in [3.8, 4) is 23.0 Å². The molecule has 7 nitrogen and oxygen atoms in total. The van der Waals surface area contributed by atoms with Gasteiger partial charge in [-0.3, -0.25) is 0 Å². The lowest BCUT2D eigenvalue weighted by molar-refractivity contribution is 0.220. The summed E-state index contributed by atoms with van der Waals surface area (Å²) in [6.07, 6.45) is 0.668. The second kappa shape index (κ2) is 10.8. The summed E-state index contributed by atoms with van der Waals surface area (Å²) in [7, 11) is 3.19. The van der Waals surface area contributed by atoms with E-state index in [1.54, 1.807) is 20.3 Å². The van der Waals surface area contributed by atoms with Crippen LogP contribution in [0.5, 0.6) is 23.0 Å². The van der Waals surface area contributed by atoms with Gasteiger partial charge in [0.1, 0.15) is 0 Å². The van der Waals surface area contributed by atoms with E-state index in [0.29, 0.717) is 42.6 Å². The van der Waals surface area contributed by atoms with Crippen LogP contribution in [0.1, 0.15) is 12.5 Å². The Kier molecular flexibility index (Phi) is 8.09. The van der Waals surface area contributed by atoms with Gasteiger partial charge in [0.25, 0.3) is 0 Å². The van der Waals surface area contributed by atoms with Crippen LogP contribution in [0.15, 0.2) is 42.5 Å². The van der Waals surface area contributed by atoms with Crippen LogP contribution in [0.3, 0.4) is 0 Å². The Morgan fingerprint density at radius 3 is 2.26 bits per heavy atom. The quantitative estimate of drug-likeness (QED) is 0.625. The van der Waals surface area contributed by atoms with Crippen molar-refractivity contribution in [2.45, 2.75) is 13.3 Å². The lowest BCUT2D eigenvalue weighted by atomic mass is 10.1. The van der Waals surface area contributed by atoms with Crippen molar-refractivity contribution >= 4 is 6.03 Å². The SMILES string of the molecule is CCOc1ccccc1OCNC(=O)NCCc1ccc(OC)c(OC)c1. The average Bonchev–Trinajstić information content (AvgIpc) is 2.69. The summed E-state index contributed by atoms with van der Waals surface area (Å²) in [4.78, 5) is 11.9. The number of urea groups is 1. The van der Waals surface area contributed by atoms with Crippen molar-refractivity contribution < 1.29 is 23.7 Å². The molecule has 0 saturated carbocycles. The molecule has 0 bridgehead atoms. The molecule has 27 heavy (non-hydrogen) atoms.